The molecule has 0 aliphatic heterocycles. The van der Waals surface area contributed by atoms with Gasteiger partial charge in [0.1, 0.15) is 13.8 Å². The summed E-state index contributed by atoms with van der Waals surface area (Å²) in [5, 5.41) is 0. The molecular weight excluding hydrogens is 258 g/mol. The van der Waals surface area contributed by atoms with Gasteiger partial charge in [0.2, 0.25) is 0 Å². The number of terminal acetylenes is 1. The molecule has 0 saturated carbocycles. The first-order valence-electron chi connectivity index (χ1n) is 7.31. The average Bonchev–Trinajstić information content (AvgIpc) is 2.38. The van der Waals surface area contributed by atoms with Crippen molar-refractivity contribution in [2.45, 2.75) is 58.2 Å². The number of hydrogen-bond donors (Lipinski definition) is 0. The third kappa shape index (κ3) is 3.14. The highest BCUT2D eigenvalue weighted by Gasteiger charge is 2.41. The Morgan fingerprint density at radius 2 is 1.60 bits per heavy atom. The summed E-state index contributed by atoms with van der Waals surface area (Å²) in [4.78, 5) is 4.21. The Kier molecular flexibility index (Phi) is 5.60. The largest absolute Gasteiger partial charge is 0.246 e. The number of pyridine rings is 1. The number of aromatic nitrogens is 1. The van der Waals surface area contributed by atoms with Crippen LogP contribution in [0.15, 0.2) is 18.3 Å². The predicted octanol–water partition coefficient (Wildman–Crippen LogP) is 4.63. The van der Waals surface area contributed by atoms with Gasteiger partial charge in [-0.3, -0.25) is 0 Å². The zero-order valence-electron chi connectivity index (χ0n) is 13.5. The Hall–Kier alpha value is -1.51. The molecule has 0 atom stereocenters. The van der Waals surface area contributed by atoms with E-state index in [0.29, 0.717) is 22.3 Å². The van der Waals surface area contributed by atoms with Crippen LogP contribution < -0.4 is 0 Å². The number of hydrogen-bond acceptors (Lipinski definition) is 1. The third-order valence-corrected chi connectivity index (χ3v) is 10.5. The van der Waals surface area contributed by atoms with E-state index in [1.807, 2.05) is 12.1 Å². The topological polar surface area (TPSA) is 12.9 Å². The van der Waals surface area contributed by atoms with Gasteiger partial charge in [-0.15, -0.1) is 12.0 Å². The molecule has 0 unspecified atom stereocenters. The van der Waals surface area contributed by atoms with Gasteiger partial charge in [0.25, 0.3) is 0 Å². The van der Waals surface area contributed by atoms with Gasteiger partial charge >= 0.3 is 0 Å². The smallest absolute Gasteiger partial charge is 0.146 e. The van der Waals surface area contributed by atoms with Crippen molar-refractivity contribution in [3.63, 3.8) is 0 Å². The minimum Gasteiger partial charge on any atom is -0.246 e. The van der Waals surface area contributed by atoms with Crippen molar-refractivity contribution in [3.05, 3.63) is 29.6 Å². The molecule has 0 amide bonds. The molecule has 1 heterocycles. The Bertz CT molecular complexity index is 531. The minimum atomic E-state index is -1.70. The molecule has 1 nitrogen and oxygen atoms in total. The van der Waals surface area contributed by atoms with Crippen LogP contribution in [-0.4, -0.2) is 13.1 Å². The van der Waals surface area contributed by atoms with E-state index in [4.69, 9.17) is 6.42 Å². The first-order valence-corrected chi connectivity index (χ1v) is 9.54. The SMILES string of the molecule is C#Cc1ncccc1C#C[Si](C(C)C)(C(C)C)C(C)C. The highest BCUT2D eigenvalue weighted by atomic mass is 28.3. The van der Waals surface area contributed by atoms with Crippen molar-refractivity contribution in [1.82, 2.24) is 4.98 Å². The highest BCUT2D eigenvalue weighted by Crippen LogP contribution is 2.40. The molecule has 0 fully saturated rings. The van der Waals surface area contributed by atoms with Crippen LogP contribution in [0.3, 0.4) is 0 Å². The van der Waals surface area contributed by atoms with Crippen molar-refractivity contribution in [3.8, 4) is 23.8 Å². The molecule has 1 aromatic rings. The molecule has 1 aromatic heterocycles. The molecule has 2 heteroatoms. The van der Waals surface area contributed by atoms with Crippen LogP contribution >= 0.6 is 0 Å². The maximum atomic E-state index is 5.50. The van der Waals surface area contributed by atoms with Crippen molar-refractivity contribution >= 4 is 8.07 Å². The molecule has 0 aliphatic rings. The van der Waals surface area contributed by atoms with Crippen molar-refractivity contribution in [2.24, 2.45) is 0 Å². The Morgan fingerprint density at radius 3 is 2.05 bits per heavy atom. The lowest BCUT2D eigenvalue weighted by Crippen LogP contribution is -2.43. The van der Waals surface area contributed by atoms with Crippen LogP contribution in [0.5, 0.6) is 0 Å². The summed E-state index contributed by atoms with van der Waals surface area (Å²) < 4.78 is 0. The zero-order valence-corrected chi connectivity index (χ0v) is 14.5. The van der Waals surface area contributed by atoms with E-state index in [1.54, 1.807) is 6.20 Å². The normalized spacial score (nSPS) is 11.4. The van der Waals surface area contributed by atoms with Crippen LogP contribution in [-0.2, 0) is 0 Å². The van der Waals surface area contributed by atoms with Gasteiger partial charge in [-0.25, -0.2) is 4.98 Å². The summed E-state index contributed by atoms with van der Waals surface area (Å²) in [6.45, 7) is 13.9. The Balaban J connectivity index is 3.35. The van der Waals surface area contributed by atoms with Gasteiger partial charge in [0.15, 0.2) is 0 Å². The van der Waals surface area contributed by atoms with Crippen LogP contribution in [0.2, 0.25) is 16.6 Å². The van der Waals surface area contributed by atoms with E-state index >= 15 is 0 Å². The minimum absolute atomic E-state index is 0.626. The van der Waals surface area contributed by atoms with Gasteiger partial charge in [0, 0.05) is 6.20 Å². The Morgan fingerprint density at radius 1 is 1.05 bits per heavy atom. The average molecular weight is 283 g/mol. The zero-order chi connectivity index (χ0) is 15.3. The number of rotatable bonds is 3. The molecule has 0 spiro atoms. The lowest BCUT2D eigenvalue weighted by Gasteiger charge is -2.38. The van der Waals surface area contributed by atoms with Gasteiger partial charge in [-0.05, 0) is 34.7 Å². The first-order chi connectivity index (χ1) is 9.36. The second-order valence-corrected chi connectivity index (χ2v) is 11.8. The second kappa shape index (κ2) is 6.78. The molecule has 0 saturated heterocycles. The second-order valence-electron chi connectivity index (χ2n) is 6.19. The van der Waals surface area contributed by atoms with Crippen molar-refractivity contribution in [1.29, 1.82) is 0 Å². The predicted molar refractivity (Wildman–Crippen MR) is 90.1 cm³/mol. The van der Waals surface area contributed by atoms with Gasteiger partial charge in [-0.1, -0.05) is 47.5 Å². The van der Waals surface area contributed by atoms with Gasteiger partial charge in [0.05, 0.1) is 5.56 Å². The lowest BCUT2D eigenvalue weighted by atomic mass is 10.2. The lowest BCUT2D eigenvalue weighted by molar-refractivity contribution is 0.838. The van der Waals surface area contributed by atoms with Crippen LogP contribution in [0.1, 0.15) is 52.8 Å². The van der Waals surface area contributed by atoms with E-state index < -0.39 is 8.07 Å². The van der Waals surface area contributed by atoms with E-state index in [-0.39, 0.29) is 0 Å². The van der Waals surface area contributed by atoms with E-state index in [0.717, 1.165) is 5.56 Å². The van der Waals surface area contributed by atoms with E-state index in [9.17, 15) is 0 Å². The standard InChI is InChI=1S/C18H25NSi/c1-8-18-17(10-9-12-19-18)11-13-20(14(2)3,15(4)5)16(6)7/h1,9-10,12,14-16H,2-7H3. The van der Waals surface area contributed by atoms with Gasteiger partial charge < -0.3 is 0 Å². The fraction of sp³-hybridized carbons (Fsp3) is 0.500. The summed E-state index contributed by atoms with van der Waals surface area (Å²) in [6, 6.07) is 3.86. The molecule has 0 bridgehead atoms. The summed E-state index contributed by atoms with van der Waals surface area (Å²) in [5.41, 5.74) is 7.09. The molecule has 0 aliphatic carbocycles. The summed E-state index contributed by atoms with van der Waals surface area (Å²) in [5.74, 6) is 5.98. The molecule has 106 valence electrons. The fourth-order valence-corrected chi connectivity index (χ4v) is 8.45. The molecule has 20 heavy (non-hydrogen) atoms. The quantitative estimate of drug-likeness (QED) is 0.582. The van der Waals surface area contributed by atoms with Crippen molar-refractivity contribution < 1.29 is 0 Å². The van der Waals surface area contributed by atoms with Crippen LogP contribution in [0.25, 0.3) is 0 Å². The summed E-state index contributed by atoms with van der Waals surface area (Å²) in [7, 11) is -1.70. The Labute approximate surface area is 125 Å². The first kappa shape index (κ1) is 16.5. The molecule has 1 rings (SSSR count). The highest BCUT2D eigenvalue weighted by molar-refractivity contribution is 6.90. The fourth-order valence-electron chi connectivity index (χ4n) is 3.23. The molecule has 0 aromatic carbocycles. The van der Waals surface area contributed by atoms with Crippen molar-refractivity contribution in [2.75, 3.05) is 0 Å². The maximum absolute atomic E-state index is 5.50. The number of nitrogens with zero attached hydrogens (tertiary/aromatic N) is 1. The maximum Gasteiger partial charge on any atom is 0.146 e. The molecular formula is C18H25NSi. The van der Waals surface area contributed by atoms with Gasteiger partial charge in [-0.2, -0.15) is 0 Å². The van der Waals surface area contributed by atoms with E-state index in [1.165, 1.54) is 0 Å². The van der Waals surface area contributed by atoms with Crippen LogP contribution in [0.4, 0.5) is 0 Å². The monoisotopic (exact) mass is 283 g/mol. The summed E-state index contributed by atoms with van der Waals surface area (Å²) >= 11 is 0. The summed E-state index contributed by atoms with van der Waals surface area (Å²) in [6.07, 6.45) is 7.22. The van der Waals surface area contributed by atoms with E-state index in [2.05, 4.69) is 63.9 Å². The molecule has 0 N–H and O–H groups in total. The van der Waals surface area contributed by atoms with Crippen LogP contribution in [0, 0.1) is 23.8 Å². The molecule has 0 radical (unpaired) electrons. The third-order valence-electron chi connectivity index (χ3n) is 4.22.